The van der Waals surface area contributed by atoms with Gasteiger partial charge in [-0.25, -0.2) is 0 Å². The average molecular weight is 239 g/mol. The van der Waals surface area contributed by atoms with Gasteiger partial charge in [0.1, 0.15) is 0 Å². The second-order valence-corrected chi connectivity index (χ2v) is 5.64. The van der Waals surface area contributed by atoms with Crippen molar-refractivity contribution in [1.29, 1.82) is 0 Å². The predicted octanol–water partition coefficient (Wildman–Crippen LogP) is 2.35. The van der Waals surface area contributed by atoms with Gasteiger partial charge in [0, 0.05) is 12.6 Å². The van der Waals surface area contributed by atoms with Crippen LogP contribution < -0.4 is 5.32 Å². The van der Waals surface area contributed by atoms with Crippen molar-refractivity contribution in [3.8, 4) is 0 Å². The number of hydrogen-bond acceptors (Lipinski definition) is 3. The van der Waals surface area contributed by atoms with Crippen LogP contribution in [0.3, 0.4) is 0 Å². The van der Waals surface area contributed by atoms with E-state index in [0.29, 0.717) is 19.1 Å². The summed E-state index contributed by atoms with van der Waals surface area (Å²) in [5.41, 5.74) is 0. The highest BCUT2D eigenvalue weighted by molar-refractivity contribution is 5.69. The lowest BCUT2D eigenvalue weighted by Gasteiger charge is -2.28. The number of carbonyl (C=O) groups excluding carboxylic acids is 1. The van der Waals surface area contributed by atoms with Crippen LogP contribution in [0.25, 0.3) is 0 Å². The molecule has 0 aromatic carbocycles. The van der Waals surface area contributed by atoms with Crippen LogP contribution in [0.5, 0.6) is 0 Å². The molecule has 17 heavy (non-hydrogen) atoms. The van der Waals surface area contributed by atoms with E-state index in [1.807, 2.05) is 6.92 Å². The van der Waals surface area contributed by atoms with Crippen LogP contribution in [-0.4, -0.2) is 25.2 Å². The quantitative estimate of drug-likeness (QED) is 0.723. The second-order valence-electron chi connectivity index (χ2n) is 5.64. The first-order chi connectivity index (χ1) is 8.20. The molecule has 0 aromatic rings. The summed E-state index contributed by atoms with van der Waals surface area (Å²) in [5.74, 6) is 2.71. The normalized spacial score (nSPS) is 32.7. The maximum Gasteiger partial charge on any atom is 0.307 e. The van der Waals surface area contributed by atoms with E-state index < -0.39 is 0 Å². The SMILES string of the molecule is CCOC(=O)CCNC(C)C1CC2CCC1C2. The molecule has 3 heteroatoms. The zero-order valence-corrected chi connectivity index (χ0v) is 11.1. The number of carbonyl (C=O) groups is 1. The van der Waals surface area contributed by atoms with E-state index in [4.69, 9.17) is 4.74 Å². The Hall–Kier alpha value is -0.570. The van der Waals surface area contributed by atoms with Crippen LogP contribution in [-0.2, 0) is 9.53 Å². The summed E-state index contributed by atoms with van der Waals surface area (Å²) >= 11 is 0. The van der Waals surface area contributed by atoms with Crippen LogP contribution in [0.2, 0.25) is 0 Å². The molecular weight excluding hydrogens is 214 g/mol. The molecule has 2 fully saturated rings. The second kappa shape index (κ2) is 5.85. The molecule has 4 unspecified atom stereocenters. The fourth-order valence-corrected chi connectivity index (χ4v) is 3.69. The van der Waals surface area contributed by atoms with Crippen molar-refractivity contribution in [2.75, 3.05) is 13.2 Å². The maximum atomic E-state index is 11.2. The van der Waals surface area contributed by atoms with Gasteiger partial charge in [-0.05, 0) is 50.9 Å². The third kappa shape index (κ3) is 3.21. The number of ether oxygens (including phenoxy) is 1. The molecule has 2 aliphatic rings. The van der Waals surface area contributed by atoms with Crippen LogP contribution >= 0.6 is 0 Å². The minimum Gasteiger partial charge on any atom is -0.466 e. The largest absolute Gasteiger partial charge is 0.466 e. The van der Waals surface area contributed by atoms with Crippen molar-refractivity contribution in [2.45, 2.75) is 52.0 Å². The molecular formula is C14H25NO2. The van der Waals surface area contributed by atoms with E-state index in [9.17, 15) is 4.79 Å². The smallest absolute Gasteiger partial charge is 0.307 e. The van der Waals surface area contributed by atoms with Crippen LogP contribution in [0, 0.1) is 17.8 Å². The fraction of sp³-hybridized carbons (Fsp3) is 0.929. The van der Waals surface area contributed by atoms with Gasteiger partial charge < -0.3 is 10.1 Å². The van der Waals surface area contributed by atoms with Crippen molar-refractivity contribution in [1.82, 2.24) is 5.32 Å². The van der Waals surface area contributed by atoms with E-state index in [-0.39, 0.29) is 5.97 Å². The molecule has 98 valence electrons. The minimum atomic E-state index is -0.0832. The van der Waals surface area contributed by atoms with Crippen molar-refractivity contribution in [3.05, 3.63) is 0 Å². The van der Waals surface area contributed by atoms with E-state index in [2.05, 4.69) is 12.2 Å². The number of nitrogens with one attached hydrogen (secondary N) is 1. The molecule has 0 aromatic heterocycles. The molecule has 0 radical (unpaired) electrons. The van der Waals surface area contributed by atoms with Crippen LogP contribution in [0.15, 0.2) is 0 Å². The number of esters is 1. The zero-order valence-electron chi connectivity index (χ0n) is 11.1. The summed E-state index contributed by atoms with van der Waals surface area (Å²) in [6.45, 7) is 5.37. The molecule has 3 nitrogen and oxygen atoms in total. The summed E-state index contributed by atoms with van der Waals surface area (Å²) < 4.78 is 4.92. The van der Waals surface area contributed by atoms with Gasteiger partial charge >= 0.3 is 5.97 Å². The molecule has 0 saturated heterocycles. The lowest BCUT2D eigenvalue weighted by Crippen LogP contribution is -2.37. The Morgan fingerprint density at radius 3 is 2.82 bits per heavy atom. The minimum absolute atomic E-state index is 0.0832. The fourth-order valence-electron chi connectivity index (χ4n) is 3.69. The van der Waals surface area contributed by atoms with Gasteiger partial charge in [-0.15, -0.1) is 0 Å². The molecule has 0 spiro atoms. The first-order valence-corrected chi connectivity index (χ1v) is 7.09. The Balaban J connectivity index is 1.64. The monoisotopic (exact) mass is 239 g/mol. The lowest BCUT2D eigenvalue weighted by molar-refractivity contribution is -0.143. The average Bonchev–Trinajstić information content (AvgIpc) is 2.90. The highest BCUT2D eigenvalue weighted by Gasteiger charge is 2.41. The molecule has 4 atom stereocenters. The van der Waals surface area contributed by atoms with Gasteiger partial charge in [-0.3, -0.25) is 4.79 Å². The van der Waals surface area contributed by atoms with Crippen LogP contribution in [0.1, 0.15) is 46.0 Å². The van der Waals surface area contributed by atoms with Crippen LogP contribution in [0.4, 0.5) is 0 Å². The highest BCUT2D eigenvalue weighted by Crippen LogP contribution is 2.49. The first-order valence-electron chi connectivity index (χ1n) is 7.09. The van der Waals surface area contributed by atoms with Gasteiger partial charge in [0.05, 0.1) is 13.0 Å². The lowest BCUT2D eigenvalue weighted by atomic mass is 9.84. The number of hydrogen-bond donors (Lipinski definition) is 1. The molecule has 2 aliphatic carbocycles. The van der Waals surface area contributed by atoms with Crippen molar-refractivity contribution in [2.24, 2.45) is 17.8 Å². The van der Waals surface area contributed by atoms with Gasteiger partial charge in [0.25, 0.3) is 0 Å². The van der Waals surface area contributed by atoms with Gasteiger partial charge in [0.15, 0.2) is 0 Å². The topological polar surface area (TPSA) is 38.3 Å². The summed E-state index contributed by atoms with van der Waals surface area (Å²) in [5, 5.41) is 3.50. The molecule has 0 amide bonds. The van der Waals surface area contributed by atoms with Crippen molar-refractivity contribution >= 4 is 5.97 Å². The molecule has 2 saturated carbocycles. The Labute approximate surface area is 104 Å². The standard InChI is InChI=1S/C14H25NO2/c1-3-17-14(16)6-7-15-10(2)13-9-11-4-5-12(13)8-11/h10-13,15H,3-9H2,1-2H3. The molecule has 0 aliphatic heterocycles. The Morgan fingerprint density at radius 1 is 1.41 bits per heavy atom. The van der Waals surface area contributed by atoms with Gasteiger partial charge in [-0.1, -0.05) is 6.42 Å². The summed E-state index contributed by atoms with van der Waals surface area (Å²) in [6, 6.07) is 0.555. The third-order valence-corrected chi connectivity index (χ3v) is 4.54. The molecule has 1 N–H and O–H groups in total. The predicted molar refractivity (Wildman–Crippen MR) is 67.7 cm³/mol. The summed E-state index contributed by atoms with van der Waals surface area (Å²) in [4.78, 5) is 11.2. The van der Waals surface area contributed by atoms with Crippen molar-refractivity contribution < 1.29 is 9.53 Å². The Bertz CT molecular complexity index is 267. The van der Waals surface area contributed by atoms with E-state index >= 15 is 0 Å². The molecule has 2 bridgehead atoms. The van der Waals surface area contributed by atoms with E-state index in [0.717, 1.165) is 24.3 Å². The van der Waals surface area contributed by atoms with E-state index in [1.165, 1.54) is 25.7 Å². The number of fused-ring (bicyclic) bond motifs is 2. The van der Waals surface area contributed by atoms with E-state index in [1.54, 1.807) is 0 Å². The number of rotatable bonds is 6. The van der Waals surface area contributed by atoms with Gasteiger partial charge in [0.2, 0.25) is 0 Å². The Kier molecular flexibility index (Phi) is 4.43. The summed E-state index contributed by atoms with van der Waals surface area (Å²) in [6.07, 6.45) is 6.24. The zero-order chi connectivity index (χ0) is 12.3. The maximum absolute atomic E-state index is 11.2. The van der Waals surface area contributed by atoms with Gasteiger partial charge in [-0.2, -0.15) is 0 Å². The Morgan fingerprint density at radius 2 is 2.24 bits per heavy atom. The first kappa shape index (κ1) is 12.9. The molecule has 2 rings (SSSR count). The summed E-state index contributed by atoms with van der Waals surface area (Å²) in [7, 11) is 0. The molecule has 0 heterocycles. The highest BCUT2D eigenvalue weighted by atomic mass is 16.5. The third-order valence-electron chi connectivity index (χ3n) is 4.54. The van der Waals surface area contributed by atoms with Crippen molar-refractivity contribution in [3.63, 3.8) is 0 Å².